The Morgan fingerprint density at radius 1 is 1.12 bits per heavy atom. The second kappa shape index (κ2) is 11.7. The van der Waals surface area contributed by atoms with Crippen LogP contribution in [0.15, 0.2) is 60.7 Å². The van der Waals surface area contributed by atoms with E-state index >= 15 is 0 Å². The van der Waals surface area contributed by atoms with Crippen LogP contribution < -0.4 is 5.48 Å². The van der Waals surface area contributed by atoms with E-state index < -0.39 is 5.97 Å². The van der Waals surface area contributed by atoms with E-state index in [1.165, 1.54) is 0 Å². The number of hydrogen-bond acceptors (Lipinski definition) is 6. The summed E-state index contributed by atoms with van der Waals surface area (Å²) in [5.74, 6) is -1.37. The first kappa shape index (κ1) is 23.9. The Bertz CT molecular complexity index is 974. The number of allylic oxidation sites excluding steroid dienone is 2. The van der Waals surface area contributed by atoms with E-state index in [1.54, 1.807) is 6.92 Å². The number of benzene rings is 2. The fourth-order valence-corrected chi connectivity index (χ4v) is 3.65. The van der Waals surface area contributed by atoms with E-state index in [1.807, 2.05) is 48.6 Å². The molecule has 1 unspecified atom stereocenters. The third-order valence-electron chi connectivity index (χ3n) is 5.08. The maximum atomic E-state index is 12.9. The maximum Gasteiger partial charge on any atom is 0.342 e. The minimum Gasteiger partial charge on any atom is -0.507 e. The molecule has 0 bridgehead atoms. The standard InChI is InChI=1S/C25H28ClNO5/c1-17-10-6-3-2-4-9-13-19(27-31-16-18-11-7-5-8-12-18)14-20-23(25(30)32-17)21(28)15-22(29)24(20)26/h3,5-9,11-13,15,17,19,27-29H,2,4,10,14,16H2,1H3/b6-3+,13-9+/t17-,19?/m1/s1. The lowest BCUT2D eigenvalue weighted by atomic mass is 9.98. The molecule has 0 saturated carbocycles. The van der Waals surface area contributed by atoms with Gasteiger partial charge in [-0.05, 0) is 37.3 Å². The van der Waals surface area contributed by atoms with Crippen LogP contribution in [0.25, 0.3) is 0 Å². The van der Waals surface area contributed by atoms with Gasteiger partial charge in [-0.15, -0.1) is 0 Å². The summed E-state index contributed by atoms with van der Waals surface area (Å²) < 4.78 is 5.51. The van der Waals surface area contributed by atoms with Gasteiger partial charge in [0.2, 0.25) is 0 Å². The zero-order chi connectivity index (χ0) is 22.9. The van der Waals surface area contributed by atoms with Crippen molar-refractivity contribution < 1.29 is 24.6 Å². The number of cyclic esters (lactones) is 1. The second-order valence-corrected chi connectivity index (χ2v) is 8.09. The Kier molecular flexibility index (Phi) is 8.73. The molecule has 0 radical (unpaired) electrons. The molecule has 7 heteroatoms. The Morgan fingerprint density at radius 3 is 2.66 bits per heavy atom. The molecule has 0 spiro atoms. The largest absolute Gasteiger partial charge is 0.507 e. The number of nitrogens with one attached hydrogen (secondary N) is 1. The summed E-state index contributed by atoms with van der Waals surface area (Å²) in [6, 6.07) is 10.4. The van der Waals surface area contributed by atoms with Crippen LogP contribution in [0.4, 0.5) is 0 Å². The lowest BCUT2D eigenvalue weighted by Crippen LogP contribution is -2.30. The van der Waals surface area contributed by atoms with Gasteiger partial charge in [-0.2, -0.15) is 5.48 Å². The zero-order valence-corrected chi connectivity index (χ0v) is 18.7. The number of phenols is 2. The van der Waals surface area contributed by atoms with Gasteiger partial charge in [0.15, 0.2) is 0 Å². The molecule has 1 heterocycles. The van der Waals surface area contributed by atoms with Gasteiger partial charge in [-0.3, -0.25) is 4.84 Å². The third kappa shape index (κ3) is 6.60. The highest BCUT2D eigenvalue weighted by Crippen LogP contribution is 2.37. The van der Waals surface area contributed by atoms with Crippen LogP contribution in [0.2, 0.25) is 5.02 Å². The van der Waals surface area contributed by atoms with Crippen LogP contribution in [0.3, 0.4) is 0 Å². The molecule has 0 aromatic heterocycles. The summed E-state index contributed by atoms with van der Waals surface area (Å²) >= 11 is 6.36. The van der Waals surface area contributed by atoms with Crippen molar-refractivity contribution in [1.82, 2.24) is 5.48 Å². The van der Waals surface area contributed by atoms with Crippen molar-refractivity contribution in [2.45, 2.75) is 51.4 Å². The number of esters is 1. The van der Waals surface area contributed by atoms with Gasteiger partial charge in [0, 0.05) is 12.5 Å². The second-order valence-electron chi connectivity index (χ2n) is 7.71. The highest BCUT2D eigenvalue weighted by molar-refractivity contribution is 6.33. The third-order valence-corrected chi connectivity index (χ3v) is 5.50. The molecule has 170 valence electrons. The topological polar surface area (TPSA) is 88.0 Å². The molecule has 32 heavy (non-hydrogen) atoms. The van der Waals surface area contributed by atoms with E-state index in [9.17, 15) is 15.0 Å². The number of ether oxygens (including phenoxy) is 1. The Morgan fingerprint density at radius 2 is 1.88 bits per heavy atom. The van der Waals surface area contributed by atoms with Crippen molar-refractivity contribution >= 4 is 17.6 Å². The first-order valence-corrected chi connectivity index (χ1v) is 11.0. The molecule has 0 aliphatic carbocycles. The highest BCUT2D eigenvalue weighted by Gasteiger charge is 2.26. The van der Waals surface area contributed by atoms with Gasteiger partial charge < -0.3 is 14.9 Å². The summed E-state index contributed by atoms with van der Waals surface area (Å²) in [5.41, 5.74) is 4.24. The molecule has 1 aliphatic rings. The van der Waals surface area contributed by atoms with Gasteiger partial charge >= 0.3 is 5.97 Å². The molecule has 2 aromatic rings. The Hall–Kier alpha value is -2.80. The molecule has 0 amide bonds. The number of hydrogen-bond donors (Lipinski definition) is 3. The smallest absolute Gasteiger partial charge is 0.342 e. The average Bonchev–Trinajstić information content (AvgIpc) is 2.76. The molecule has 3 rings (SSSR count). The molecule has 1 aliphatic heterocycles. The quantitative estimate of drug-likeness (QED) is 0.331. The number of carbonyl (C=O) groups excluding carboxylic acids is 1. The van der Waals surface area contributed by atoms with Crippen LogP contribution in [-0.4, -0.2) is 28.3 Å². The Balaban J connectivity index is 1.89. The van der Waals surface area contributed by atoms with Crippen molar-refractivity contribution in [3.05, 3.63) is 82.4 Å². The first-order valence-electron chi connectivity index (χ1n) is 10.6. The molecule has 0 saturated heterocycles. The molecular formula is C25H28ClNO5. The SMILES string of the molecule is C[C@@H]1C/C=C/CC/C=C/C(NOCc2ccccc2)Cc2c(Cl)c(O)cc(O)c2C(=O)O1. The molecule has 6 nitrogen and oxygen atoms in total. The van der Waals surface area contributed by atoms with E-state index in [2.05, 4.69) is 11.6 Å². The maximum absolute atomic E-state index is 12.9. The molecule has 2 atom stereocenters. The average molecular weight is 458 g/mol. The number of halogens is 1. The van der Waals surface area contributed by atoms with E-state index in [4.69, 9.17) is 21.2 Å². The lowest BCUT2D eigenvalue weighted by molar-refractivity contribution is 0.0133. The number of aromatic hydroxyl groups is 2. The monoisotopic (exact) mass is 457 g/mol. The fraction of sp³-hybridized carbons (Fsp3) is 0.320. The minimum absolute atomic E-state index is 0.00217. The van der Waals surface area contributed by atoms with Gasteiger partial charge in [-0.25, -0.2) is 4.79 Å². The molecular weight excluding hydrogens is 430 g/mol. The molecule has 0 fully saturated rings. The predicted molar refractivity (Wildman–Crippen MR) is 124 cm³/mol. The summed E-state index contributed by atoms with van der Waals surface area (Å²) in [7, 11) is 0. The summed E-state index contributed by atoms with van der Waals surface area (Å²) in [4.78, 5) is 18.5. The summed E-state index contributed by atoms with van der Waals surface area (Å²) in [5, 5.41) is 20.6. The van der Waals surface area contributed by atoms with Crippen LogP contribution in [0.1, 0.15) is 47.7 Å². The zero-order valence-electron chi connectivity index (χ0n) is 18.0. The van der Waals surface area contributed by atoms with Gasteiger partial charge in [-0.1, -0.05) is 66.2 Å². The number of rotatable bonds is 4. The fourth-order valence-electron chi connectivity index (χ4n) is 3.43. The van der Waals surface area contributed by atoms with Crippen molar-refractivity contribution in [3.63, 3.8) is 0 Å². The molecule has 3 N–H and O–H groups in total. The van der Waals surface area contributed by atoms with E-state index in [0.717, 1.165) is 24.5 Å². The lowest BCUT2D eigenvalue weighted by Gasteiger charge is -2.20. The number of hydroxylamine groups is 1. The normalized spacial score (nSPS) is 21.8. The van der Waals surface area contributed by atoms with Crippen LogP contribution in [0.5, 0.6) is 11.5 Å². The van der Waals surface area contributed by atoms with Gasteiger partial charge in [0.05, 0.1) is 17.7 Å². The number of phenolic OH excluding ortho intramolecular Hbond substituents is 2. The minimum atomic E-state index is -0.690. The van der Waals surface area contributed by atoms with E-state index in [-0.39, 0.29) is 40.7 Å². The van der Waals surface area contributed by atoms with Crippen LogP contribution in [-0.2, 0) is 22.6 Å². The van der Waals surface area contributed by atoms with Crippen molar-refractivity contribution in [3.8, 4) is 11.5 Å². The number of carbonyl (C=O) groups is 1. The van der Waals surface area contributed by atoms with Gasteiger partial charge in [0.1, 0.15) is 23.2 Å². The van der Waals surface area contributed by atoms with Crippen molar-refractivity contribution in [1.29, 1.82) is 0 Å². The number of fused-ring (bicyclic) bond motifs is 1. The summed E-state index contributed by atoms with van der Waals surface area (Å²) in [6.07, 6.45) is 10.0. The van der Waals surface area contributed by atoms with E-state index in [0.29, 0.717) is 18.6 Å². The molecule has 2 aromatic carbocycles. The Labute approximate surface area is 193 Å². The van der Waals surface area contributed by atoms with Crippen LogP contribution in [0, 0.1) is 0 Å². The van der Waals surface area contributed by atoms with Crippen LogP contribution >= 0.6 is 11.6 Å². The summed E-state index contributed by atoms with van der Waals surface area (Å²) in [6.45, 7) is 2.13. The van der Waals surface area contributed by atoms with Gasteiger partial charge in [0.25, 0.3) is 0 Å². The highest BCUT2D eigenvalue weighted by atomic mass is 35.5. The van der Waals surface area contributed by atoms with Crippen molar-refractivity contribution in [2.75, 3.05) is 0 Å². The first-order chi connectivity index (χ1) is 15.5. The van der Waals surface area contributed by atoms with Crippen molar-refractivity contribution in [2.24, 2.45) is 0 Å². The predicted octanol–water partition coefficient (Wildman–Crippen LogP) is 5.23.